The number of halogens is 1. The van der Waals surface area contributed by atoms with Crippen molar-refractivity contribution in [1.29, 1.82) is 0 Å². The van der Waals surface area contributed by atoms with Gasteiger partial charge in [-0.25, -0.2) is 4.68 Å². The third-order valence-corrected chi connectivity index (χ3v) is 3.09. The van der Waals surface area contributed by atoms with Crippen molar-refractivity contribution in [2.45, 2.75) is 26.2 Å². The van der Waals surface area contributed by atoms with Gasteiger partial charge in [0, 0.05) is 19.6 Å². The van der Waals surface area contributed by atoms with E-state index in [0.717, 1.165) is 18.7 Å². The molecule has 20 heavy (non-hydrogen) atoms. The Morgan fingerprint density at radius 3 is 3.00 bits per heavy atom. The predicted molar refractivity (Wildman–Crippen MR) is 73.9 cm³/mol. The van der Waals surface area contributed by atoms with Crippen LogP contribution in [0.4, 0.5) is 0 Å². The number of carbonyl (C=O) groups excluding carboxylic acids is 1. The van der Waals surface area contributed by atoms with Crippen LogP contribution in [0.25, 0.3) is 0 Å². The van der Waals surface area contributed by atoms with Crippen LogP contribution in [0, 0.1) is 0 Å². The fourth-order valence-corrected chi connectivity index (χ4v) is 2.11. The minimum absolute atomic E-state index is 0. The molecule has 0 bridgehead atoms. The maximum atomic E-state index is 11.7. The highest BCUT2D eigenvalue weighted by molar-refractivity contribution is 5.85. The van der Waals surface area contributed by atoms with Gasteiger partial charge in [0.05, 0.1) is 0 Å². The molecule has 106 valence electrons. The first-order valence-corrected chi connectivity index (χ1v) is 6.10. The summed E-state index contributed by atoms with van der Waals surface area (Å²) in [6, 6.07) is 6.29. The Labute approximate surface area is 122 Å². The lowest BCUT2D eigenvalue weighted by molar-refractivity contribution is -0.122. The molecule has 1 amide bonds. The number of rotatable bonds is 4. The summed E-state index contributed by atoms with van der Waals surface area (Å²) in [6.07, 6.45) is 1.42. The maximum absolute atomic E-state index is 11.7. The molecular formula is C12H15ClN6O. The Morgan fingerprint density at radius 2 is 2.20 bits per heavy atom. The molecule has 0 spiro atoms. The molecule has 1 aromatic carbocycles. The van der Waals surface area contributed by atoms with E-state index in [9.17, 15) is 4.79 Å². The van der Waals surface area contributed by atoms with Crippen LogP contribution in [-0.2, 0) is 31.0 Å². The molecule has 2 heterocycles. The largest absolute Gasteiger partial charge is 0.350 e. The van der Waals surface area contributed by atoms with Crippen molar-refractivity contribution in [1.82, 2.24) is 30.8 Å². The van der Waals surface area contributed by atoms with Crippen molar-refractivity contribution in [3.8, 4) is 0 Å². The van der Waals surface area contributed by atoms with Crippen LogP contribution >= 0.6 is 12.4 Å². The summed E-state index contributed by atoms with van der Waals surface area (Å²) in [4.78, 5) is 11.7. The van der Waals surface area contributed by atoms with Gasteiger partial charge in [-0.15, -0.1) is 17.5 Å². The molecule has 0 unspecified atom stereocenters. The molecule has 8 heteroatoms. The van der Waals surface area contributed by atoms with Crippen molar-refractivity contribution in [3.63, 3.8) is 0 Å². The molecule has 2 N–H and O–H groups in total. The van der Waals surface area contributed by atoms with Crippen LogP contribution in [0.1, 0.15) is 16.7 Å². The lowest BCUT2D eigenvalue weighted by atomic mass is 10.1. The molecule has 0 radical (unpaired) electrons. The van der Waals surface area contributed by atoms with Gasteiger partial charge in [0.25, 0.3) is 0 Å². The number of carbonyl (C=O) groups is 1. The smallest absolute Gasteiger partial charge is 0.242 e. The van der Waals surface area contributed by atoms with E-state index in [-0.39, 0.29) is 24.9 Å². The van der Waals surface area contributed by atoms with Gasteiger partial charge in [0.15, 0.2) is 0 Å². The average Bonchev–Trinajstić information content (AvgIpc) is 3.06. The van der Waals surface area contributed by atoms with E-state index in [1.165, 1.54) is 22.1 Å². The Balaban J connectivity index is 0.00000147. The topological polar surface area (TPSA) is 84.7 Å². The van der Waals surface area contributed by atoms with Crippen LogP contribution in [0.15, 0.2) is 24.5 Å². The quantitative estimate of drug-likeness (QED) is 0.830. The summed E-state index contributed by atoms with van der Waals surface area (Å²) >= 11 is 0. The zero-order valence-corrected chi connectivity index (χ0v) is 11.6. The predicted octanol–water partition coefficient (Wildman–Crippen LogP) is 0.0145. The highest BCUT2D eigenvalue weighted by atomic mass is 35.5. The van der Waals surface area contributed by atoms with Gasteiger partial charge in [-0.05, 0) is 27.1 Å². The van der Waals surface area contributed by atoms with Gasteiger partial charge in [-0.3, -0.25) is 4.79 Å². The summed E-state index contributed by atoms with van der Waals surface area (Å²) < 4.78 is 1.39. The van der Waals surface area contributed by atoms with Crippen LogP contribution < -0.4 is 10.6 Å². The van der Waals surface area contributed by atoms with Gasteiger partial charge in [-0.2, -0.15) is 0 Å². The third-order valence-electron chi connectivity index (χ3n) is 3.09. The van der Waals surface area contributed by atoms with Gasteiger partial charge >= 0.3 is 0 Å². The van der Waals surface area contributed by atoms with E-state index in [2.05, 4.69) is 38.3 Å². The lowest BCUT2D eigenvalue weighted by Crippen LogP contribution is -2.27. The molecular weight excluding hydrogens is 280 g/mol. The molecule has 0 fully saturated rings. The molecule has 3 rings (SSSR count). The fourth-order valence-electron chi connectivity index (χ4n) is 2.11. The molecule has 0 saturated carbocycles. The number of benzene rings is 1. The second-order valence-corrected chi connectivity index (χ2v) is 4.49. The summed E-state index contributed by atoms with van der Waals surface area (Å²) in [5.41, 5.74) is 3.75. The number of nitrogens with zero attached hydrogens (tertiary/aromatic N) is 4. The summed E-state index contributed by atoms with van der Waals surface area (Å²) in [5, 5.41) is 16.8. The summed E-state index contributed by atoms with van der Waals surface area (Å²) in [7, 11) is 0. The molecule has 2 aromatic rings. The van der Waals surface area contributed by atoms with Crippen LogP contribution in [0.3, 0.4) is 0 Å². The number of aromatic nitrogens is 4. The SMILES string of the molecule is Cl.O=C(Cn1cnnn1)NCc1ccc2c(c1)CNC2. The second kappa shape index (κ2) is 6.44. The number of hydrogen-bond acceptors (Lipinski definition) is 5. The highest BCUT2D eigenvalue weighted by Crippen LogP contribution is 2.16. The zero-order valence-electron chi connectivity index (χ0n) is 10.7. The minimum atomic E-state index is -0.106. The van der Waals surface area contributed by atoms with Crippen molar-refractivity contribution in [2.75, 3.05) is 0 Å². The van der Waals surface area contributed by atoms with Crippen molar-refractivity contribution < 1.29 is 4.79 Å². The molecule has 1 aliphatic heterocycles. The van der Waals surface area contributed by atoms with Crippen molar-refractivity contribution in [2.24, 2.45) is 0 Å². The lowest BCUT2D eigenvalue weighted by Gasteiger charge is -2.06. The number of hydrogen-bond donors (Lipinski definition) is 2. The van der Waals surface area contributed by atoms with E-state index < -0.39 is 0 Å². The number of amides is 1. The average molecular weight is 295 g/mol. The van der Waals surface area contributed by atoms with Gasteiger partial charge in [0.1, 0.15) is 12.9 Å². The third kappa shape index (κ3) is 3.31. The highest BCUT2D eigenvalue weighted by Gasteiger charge is 2.10. The van der Waals surface area contributed by atoms with E-state index >= 15 is 0 Å². The van der Waals surface area contributed by atoms with E-state index in [1.54, 1.807) is 0 Å². The van der Waals surface area contributed by atoms with Gasteiger partial charge in [0.2, 0.25) is 5.91 Å². The maximum Gasteiger partial charge on any atom is 0.242 e. The normalized spacial score (nSPS) is 12.6. The first-order valence-electron chi connectivity index (χ1n) is 6.10. The first-order chi connectivity index (χ1) is 9.31. The molecule has 0 saturated heterocycles. The Bertz CT molecular complexity index is 586. The molecule has 1 aromatic heterocycles. The molecule has 7 nitrogen and oxygen atoms in total. The Kier molecular flexibility index (Phi) is 4.65. The van der Waals surface area contributed by atoms with Crippen molar-refractivity contribution >= 4 is 18.3 Å². The van der Waals surface area contributed by atoms with E-state index in [4.69, 9.17) is 0 Å². The standard InChI is InChI=1S/C12H14N6O.ClH/c19-12(7-18-8-15-16-17-18)14-4-9-1-2-10-5-13-6-11(10)3-9;/h1-3,8,13H,4-7H2,(H,14,19);1H. The van der Waals surface area contributed by atoms with Crippen LogP contribution in [0.5, 0.6) is 0 Å². The Hall–Kier alpha value is -1.99. The van der Waals surface area contributed by atoms with Crippen molar-refractivity contribution in [3.05, 3.63) is 41.2 Å². The summed E-state index contributed by atoms with van der Waals surface area (Å²) in [6.45, 7) is 2.50. The Morgan fingerprint density at radius 1 is 1.35 bits per heavy atom. The number of tetrazole rings is 1. The van der Waals surface area contributed by atoms with E-state index in [0.29, 0.717) is 6.54 Å². The van der Waals surface area contributed by atoms with Crippen LogP contribution in [0.2, 0.25) is 0 Å². The van der Waals surface area contributed by atoms with E-state index in [1.807, 2.05) is 6.07 Å². The minimum Gasteiger partial charge on any atom is -0.350 e. The van der Waals surface area contributed by atoms with Gasteiger partial charge < -0.3 is 10.6 Å². The molecule has 0 aliphatic carbocycles. The number of fused-ring (bicyclic) bond motifs is 1. The first kappa shape index (κ1) is 14.4. The second-order valence-electron chi connectivity index (χ2n) is 4.49. The molecule has 1 aliphatic rings. The zero-order chi connectivity index (χ0) is 13.1. The summed E-state index contributed by atoms with van der Waals surface area (Å²) in [5.74, 6) is -0.106. The van der Waals surface area contributed by atoms with Gasteiger partial charge in [-0.1, -0.05) is 18.2 Å². The monoisotopic (exact) mass is 294 g/mol. The molecule has 0 atom stereocenters. The fraction of sp³-hybridized carbons (Fsp3) is 0.333. The number of nitrogens with one attached hydrogen (secondary N) is 2. The van der Waals surface area contributed by atoms with Crippen LogP contribution in [-0.4, -0.2) is 26.1 Å².